The van der Waals surface area contributed by atoms with Gasteiger partial charge >= 0.3 is 5.97 Å². The van der Waals surface area contributed by atoms with Gasteiger partial charge in [0.1, 0.15) is 0 Å². The van der Waals surface area contributed by atoms with E-state index in [4.69, 9.17) is 5.41 Å². The van der Waals surface area contributed by atoms with E-state index in [2.05, 4.69) is 0 Å². The summed E-state index contributed by atoms with van der Waals surface area (Å²) in [4.78, 5) is 12.7. The average molecular weight is 281 g/mol. The fourth-order valence-corrected chi connectivity index (χ4v) is 3.28. The molecule has 0 spiro atoms. The summed E-state index contributed by atoms with van der Waals surface area (Å²) in [5.74, 6) is -0.961. The third-order valence-electron chi connectivity index (χ3n) is 3.16. The minimum atomic E-state index is -0.961. The van der Waals surface area contributed by atoms with Gasteiger partial charge in [0.05, 0.1) is 10.4 Å². The van der Waals surface area contributed by atoms with Crippen molar-refractivity contribution in [1.29, 1.82) is 5.41 Å². The lowest BCUT2D eigenvalue weighted by molar-refractivity contribution is 0.0698. The molecule has 0 radical (unpaired) electrons. The van der Waals surface area contributed by atoms with Crippen LogP contribution in [0.5, 0.6) is 0 Å². The highest BCUT2D eigenvalue weighted by atomic mass is 32.1. The molecule has 0 aliphatic rings. The summed E-state index contributed by atoms with van der Waals surface area (Å²) in [6.45, 7) is 0. The minimum absolute atomic E-state index is 0.254. The molecule has 20 heavy (non-hydrogen) atoms. The Bertz CT molecular complexity index is 815. The number of carboxylic acids is 1. The number of fused-ring (bicyclic) bond motifs is 1. The maximum atomic E-state index is 11.4. The topological polar surface area (TPSA) is 61.2 Å². The molecule has 0 amide bonds. The molecule has 0 aliphatic carbocycles. The molecule has 2 N–H and O–H groups in total. The monoisotopic (exact) mass is 281 g/mol. The third-order valence-corrected chi connectivity index (χ3v) is 4.27. The molecule has 1 aromatic heterocycles. The van der Waals surface area contributed by atoms with Gasteiger partial charge in [-0.2, -0.15) is 0 Å². The van der Waals surface area contributed by atoms with Gasteiger partial charge in [-0.05, 0) is 16.8 Å². The first-order chi connectivity index (χ1) is 9.70. The molecule has 0 unspecified atom stereocenters. The molecule has 0 saturated carbocycles. The number of thiophene rings is 1. The maximum absolute atomic E-state index is 11.4. The van der Waals surface area contributed by atoms with Crippen molar-refractivity contribution < 1.29 is 9.90 Å². The highest BCUT2D eigenvalue weighted by Crippen LogP contribution is 2.36. The number of benzene rings is 2. The van der Waals surface area contributed by atoms with Crippen LogP contribution in [0.1, 0.15) is 15.2 Å². The van der Waals surface area contributed by atoms with Crippen LogP contribution in [0.2, 0.25) is 0 Å². The molecule has 3 aromatic rings. The number of rotatable bonds is 3. The Morgan fingerprint density at radius 3 is 2.65 bits per heavy atom. The zero-order valence-electron chi connectivity index (χ0n) is 10.5. The van der Waals surface area contributed by atoms with Crippen molar-refractivity contribution >= 4 is 34.3 Å². The summed E-state index contributed by atoms with van der Waals surface area (Å²) < 4.78 is 0. The summed E-state index contributed by atoms with van der Waals surface area (Å²) in [6.07, 6.45) is 1.19. The Balaban J connectivity index is 2.33. The van der Waals surface area contributed by atoms with Gasteiger partial charge in [0, 0.05) is 16.7 Å². The number of carboxylic acid groups (broad SMARTS) is 1. The van der Waals surface area contributed by atoms with Crippen molar-refractivity contribution in [3.63, 3.8) is 0 Å². The van der Waals surface area contributed by atoms with Crippen molar-refractivity contribution in [2.45, 2.75) is 0 Å². The zero-order valence-corrected chi connectivity index (χ0v) is 11.3. The van der Waals surface area contributed by atoms with Gasteiger partial charge in [0.15, 0.2) is 0 Å². The summed E-state index contributed by atoms with van der Waals surface area (Å²) >= 11 is 1.33. The van der Waals surface area contributed by atoms with Crippen molar-refractivity contribution in [3.05, 3.63) is 59.0 Å². The number of carbonyl (C=O) groups is 1. The molecule has 0 atom stereocenters. The number of hydrogen-bond donors (Lipinski definition) is 2. The molecule has 3 rings (SSSR count). The molecule has 0 bridgehead atoms. The number of nitrogens with one attached hydrogen (secondary N) is 1. The van der Waals surface area contributed by atoms with E-state index in [1.807, 2.05) is 42.5 Å². The summed E-state index contributed by atoms with van der Waals surface area (Å²) in [6, 6.07) is 15.3. The first-order valence-corrected chi connectivity index (χ1v) is 6.88. The van der Waals surface area contributed by atoms with Gasteiger partial charge in [-0.25, -0.2) is 4.79 Å². The summed E-state index contributed by atoms with van der Waals surface area (Å²) in [7, 11) is 0. The Morgan fingerprint density at radius 1 is 1.15 bits per heavy atom. The molecule has 2 aromatic carbocycles. The molecular formula is C16H11NO2S. The predicted molar refractivity (Wildman–Crippen MR) is 82.1 cm³/mol. The van der Waals surface area contributed by atoms with E-state index in [9.17, 15) is 9.90 Å². The first-order valence-electron chi connectivity index (χ1n) is 6.06. The normalized spacial score (nSPS) is 10.6. The van der Waals surface area contributed by atoms with E-state index >= 15 is 0 Å². The Hall–Kier alpha value is -2.46. The number of aromatic carboxylic acids is 1. The quantitative estimate of drug-likeness (QED) is 0.704. The fourth-order valence-electron chi connectivity index (χ4n) is 2.26. The van der Waals surface area contributed by atoms with Crippen LogP contribution in [-0.4, -0.2) is 17.3 Å². The highest BCUT2D eigenvalue weighted by molar-refractivity contribution is 7.17. The fraction of sp³-hybridized carbons (Fsp3) is 0. The van der Waals surface area contributed by atoms with Crippen molar-refractivity contribution in [1.82, 2.24) is 0 Å². The van der Waals surface area contributed by atoms with E-state index in [-0.39, 0.29) is 5.56 Å². The first kappa shape index (κ1) is 12.6. The predicted octanol–water partition coefficient (Wildman–Crippen LogP) is 4.26. The third kappa shape index (κ3) is 2.00. The average Bonchev–Trinajstić information content (AvgIpc) is 2.91. The smallest absolute Gasteiger partial charge is 0.337 e. The Kier molecular flexibility index (Phi) is 3.08. The lowest BCUT2D eigenvalue weighted by atomic mass is 10.0. The molecule has 0 aliphatic heterocycles. The van der Waals surface area contributed by atoms with Crippen LogP contribution in [0, 0.1) is 5.41 Å². The lowest BCUT2D eigenvalue weighted by Crippen LogP contribution is -1.95. The highest BCUT2D eigenvalue weighted by Gasteiger charge is 2.17. The van der Waals surface area contributed by atoms with Crippen LogP contribution >= 0.6 is 11.3 Å². The van der Waals surface area contributed by atoms with E-state index < -0.39 is 5.97 Å². The zero-order chi connectivity index (χ0) is 14.1. The second-order valence-corrected chi connectivity index (χ2v) is 5.45. The van der Waals surface area contributed by atoms with Crippen molar-refractivity contribution in [2.75, 3.05) is 0 Å². The van der Waals surface area contributed by atoms with Crippen LogP contribution in [0.25, 0.3) is 21.2 Å². The molecule has 98 valence electrons. The van der Waals surface area contributed by atoms with Crippen LogP contribution in [-0.2, 0) is 0 Å². The second kappa shape index (κ2) is 4.90. The molecule has 0 saturated heterocycles. The Labute approximate surface area is 119 Å². The standard InChI is InChI=1S/C16H11NO2S/c17-9-11-8-14(16(18)19)15(20-11)13-7-3-5-10-4-1-2-6-12(10)13/h1-9,17H,(H,18,19). The van der Waals surface area contributed by atoms with Crippen LogP contribution in [0.15, 0.2) is 48.5 Å². The van der Waals surface area contributed by atoms with E-state index in [0.29, 0.717) is 9.75 Å². The summed E-state index contributed by atoms with van der Waals surface area (Å²) in [5.41, 5.74) is 1.16. The molecule has 3 nitrogen and oxygen atoms in total. The van der Waals surface area contributed by atoms with Gasteiger partial charge in [0.2, 0.25) is 0 Å². The largest absolute Gasteiger partial charge is 0.478 e. The molecule has 0 fully saturated rings. The molecule has 1 heterocycles. The van der Waals surface area contributed by atoms with Crippen molar-refractivity contribution in [3.8, 4) is 10.4 Å². The van der Waals surface area contributed by atoms with Gasteiger partial charge in [-0.15, -0.1) is 11.3 Å². The SMILES string of the molecule is N=Cc1cc(C(=O)O)c(-c2cccc3ccccc23)s1. The van der Waals surface area contributed by atoms with Crippen LogP contribution in [0.3, 0.4) is 0 Å². The second-order valence-electron chi connectivity index (χ2n) is 4.37. The van der Waals surface area contributed by atoms with E-state index in [1.54, 1.807) is 6.07 Å². The van der Waals surface area contributed by atoms with E-state index in [1.165, 1.54) is 17.6 Å². The van der Waals surface area contributed by atoms with Gasteiger partial charge in [0.25, 0.3) is 0 Å². The van der Waals surface area contributed by atoms with E-state index in [0.717, 1.165) is 16.3 Å². The lowest BCUT2D eigenvalue weighted by Gasteiger charge is -2.05. The molecular weight excluding hydrogens is 270 g/mol. The minimum Gasteiger partial charge on any atom is -0.478 e. The van der Waals surface area contributed by atoms with Crippen LogP contribution in [0.4, 0.5) is 0 Å². The van der Waals surface area contributed by atoms with Gasteiger partial charge < -0.3 is 10.5 Å². The number of hydrogen-bond acceptors (Lipinski definition) is 3. The Morgan fingerprint density at radius 2 is 1.90 bits per heavy atom. The summed E-state index contributed by atoms with van der Waals surface area (Å²) in [5, 5.41) is 18.8. The van der Waals surface area contributed by atoms with Gasteiger partial charge in [-0.3, -0.25) is 0 Å². The molecule has 4 heteroatoms. The van der Waals surface area contributed by atoms with Crippen molar-refractivity contribution in [2.24, 2.45) is 0 Å². The van der Waals surface area contributed by atoms with Gasteiger partial charge in [-0.1, -0.05) is 42.5 Å². The van der Waals surface area contributed by atoms with Crippen LogP contribution < -0.4 is 0 Å². The maximum Gasteiger partial charge on any atom is 0.337 e.